The van der Waals surface area contributed by atoms with Crippen LogP contribution in [0.1, 0.15) is 5.82 Å². The Morgan fingerprint density at radius 1 is 1.40 bits per heavy atom. The van der Waals surface area contributed by atoms with Gasteiger partial charge in [-0.1, -0.05) is 22.0 Å². The lowest BCUT2D eigenvalue weighted by atomic mass is 10.3. The summed E-state index contributed by atoms with van der Waals surface area (Å²) in [4.78, 5) is 1.50. The van der Waals surface area contributed by atoms with E-state index in [1.807, 2.05) is 24.3 Å². The Bertz CT molecular complexity index is 453. The van der Waals surface area contributed by atoms with Gasteiger partial charge in [-0.15, -0.1) is 15.0 Å². The molecule has 2 N–H and O–H groups in total. The molecule has 0 aliphatic carbocycles. The first-order valence-electron chi connectivity index (χ1n) is 4.54. The zero-order valence-electron chi connectivity index (χ0n) is 7.97. The van der Waals surface area contributed by atoms with Crippen LogP contribution in [0.3, 0.4) is 0 Å². The fraction of sp³-hybridized carbons (Fsp3) is 0.222. The van der Waals surface area contributed by atoms with Crippen LogP contribution in [0.25, 0.3) is 5.69 Å². The Morgan fingerprint density at radius 2 is 2.27 bits per heavy atom. The fourth-order valence-corrected chi connectivity index (χ4v) is 1.57. The first-order valence-corrected chi connectivity index (χ1v) is 5.34. The number of hydrogen-bond donors (Lipinski definition) is 1. The summed E-state index contributed by atoms with van der Waals surface area (Å²) >= 11 is 3.39. The standard InChI is InChI=1S/C9H10BrN5/c10-7-2-1-3-8(6-7)15-13-9(4-5-11)12-14-15/h1-3,6H,4-5,11H2. The highest BCUT2D eigenvalue weighted by atomic mass is 79.9. The Hall–Kier alpha value is -1.27. The maximum atomic E-state index is 5.41. The summed E-state index contributed by atoms with van der Waals surface area (Å²) in [5, 5.41) is 12.0. The van der Waals surface area contributed by atoms with Crippen molar-refractivity contribution >= 4 is 15.9 Å². The van der Waals surface area contributed by atoms with E-state index in [1.54, 1.807) is 0 Å². The highest BCUT2D eigenvalue weighted by Gasteiger charge is 2.03. The van der Waals surface area contributed by atoms with Crippen LogP contribution in [0, 0.1) is 0 Å². The summed E-state index contributed by atoms with van der Waals surface area (Å²) in [5.74, 6) is 0.664. The van der Waals surface area contributed by atoms with Crippen molar-refractivity contribution in [3.05, 3.63) is 34.6 Å². The first-order chi connectivity index (χ1) is 7.29. The third-order valence-electron chi connectivity index (χ3n) is 1.86. The third kappa shape index (κ3) is 2.40. The number of tetrazole rings is 1. The summed E-state index contributed by atoms with van der Waals surface area (Å²) in [6.45, 7) is 0.532. The topological polar surface area (TPSA) is 69.6 Å². The summed E-state index contributed by atoms with van der Waals surface area (Å²) in [6.07, 6.45) is 0.647. The Balaban J connectivity index is 2.29. The molecule has 0 bridgehead atoms. The second-order valence-electron chi connectivity index (χ2n) is 3.01. The van der Waals surface area contributed by atoms with Crippen molar-refractivity contribution in [2.45, 2.75) is 6.42 Å². The van der Waals surface area contributed by atoms with Gasteiger partial charge in [-0.2, -0.15) is 0 Å². The van der Waals surface area contributed by atoms with Crippen LogP contribution in [0.4, 0.5) is 0 Å². The average molecular weight is 268 g/mol. The largest absolute Gasteiger partial charge is 0.330 e. The maximum absolute atomic E-state index is 5.41. The smallest absolute Gasteiger partial charge is 0.176 e. The second kappa shape index (κ2) is 4.50. The molecule has 0 radical (unpaired) electrons. The minimum Gasteiger partial charge on any atom is -0.330 e. The predicted octanol–water partition coefficient (Wildman–Crippen LogP) is 0.926. The van der Waals surface area contributed by atoms with Crippen molar-refractivity contribution in [2.24, 2.45) is 5.73 Å². The molecule has 0 saturated carbocycles. The van der Waals surface area contributed by atoms with Gasteiger partial charge in [0.05, 0.1) is 5.69 Å². The molecule has 1 aromatic heterocycles. The number of halogens is 1. The van der Waals surface area contributed by atoms with Crippen molar-refractivity contribution in [3.8, 4) is 5.69 Å². The van der Waals surface area contributed by atoms with Gasteiger partial charge in [-0.25, -0.2) is 0 Å². The van der Waals surface area contributed by atoms with Gasteiger partial charge in [0.2, 0.25) is 0 Å². The number of aromatic nitrogens is 4. The van der Waals surface area contributed by atoms with Gasteiger partial charge >= 0.3 is 0 Å². The van der Waals surface area contributed by atoms with Crippen molar-refractivity contribution < 1.29 is 0 Å². The molecule has 0 spiro atoms. The van der Waals surface area contributed by atoms with Crippen LogP contribution >= 0.6 is 15.9 Å². The summed E-state index contributed by atoms with van der Waals surface area (Å²) in [5.41, 5.74) is 6.28. The van der Waals surface area contributed by atoms with Crippen LogP contribution in [-0.2, 0) is 6.42 Å². The highest BCUT2D eigenvalue weighted by Crippen LogP contribution is 2.13. The molecule has 6 heteroatoms. The van der Waals surface area contributed by atoms with Gasteiger partial charge in [-0.3, -0.25) is 0 Å². The Kier molecular flexibility index (Phi) is 3.08. The molecule has 0 amide bonds. The monoisotopic (exact) mass is 267 g/mol. The molecule has 0 aliphatic heterocycles. The number of nitrogens with two attached hydrogens (primary N) is 1. The average Bonchev–Trinajstić information content (AvgIpc) is 2.67. The van der Waals surface area contributed by atoms with Crippen LogP contribution in [-0.4, -0.2) is 26.8 Å². The molecule has 0 saturated heterocycles. The molecule has 1 heterocycles. The van der Waals surface area contributed by atoms with Crippen molar-refractivity contribution in [2.75, 3.05) is 6.54 Å². The van der Waals surface area contributed by atoms with Crippen LogP contribution < -0.4 is 5.73 Å². The van der Waals surface area contributed by atoms with Crippen LogP contribution in [0.15, 0.2) is 28.7 Å². The molecule has 78 valence electrons. The maximum Gasteiger partial charge on any atom is 0.176 e. The normalized spacial score (nSPS) is 10.5. The van der Waals surface area contributed by atoms with Crippen molar-refractivity contribution in [3.63, 3.8) is 0 Å². The lowest BCUT2D eigenvalue weighted by molar-refractivity contribution is 0.717. The minimum atomic E-state index is 0.532. The first kappa shape index (κ1) is 10.3. The number of benzene rings is 1. The lowest BCUT2D eigenvalue weighted by Gasteiger charge is -1.97. The highest BCUT2D eigenvalue weighted by molar-refractivity contribution is 9.10. The predicted molar refractivity (Wildman–Crippen MR) is 59.6 cm³/mol. The minimum absolute atomic E-state index is 0.532. The van der Waals surface area contributed by atoms with Crippen LogP contribution in [0.5, 0.6) is 0 Å². The molecule has 0 fully saturated rings. The number of rotatable bonds is 3. The molecule has 0 aliphatic rings. The van der Waals surface area contributed by atoms with Crippen LogP contribution in [0.2, 0.25) is 0 Å². The van der Waals surface area contributed by atoms with E-state index in [1.165, 1.54) is 4.80 Å². The quantitative estimate of drug-likeness (QED) is 0.898. The number of hydrogen-bond acceptors (Lipinski definition) is 4. The van der Waals surface area contributed by atoms with Gasteiger partial charge in [0.25, 0.3) is 0 Å². The molecular weight excluding hydrogens is 258 g/mol. The SMILES string of the molecule is NCCc1nnn(-c2cccc(Br)c2)n1. The molecule has 1 aromatic carbocycles. The fourth-order valence-electron chi connectivity index (χ4n) is 1.18. The lowest BCUT2D eigenvalue weighted by Crippen LogP contribution is -2.05. The van der Waals surface area contributed by atoms with Gasteiger partial charge in [0.15, 0.2) is 5.82 Å². The molecule has 0 atom stereocenters. The summed E-state index contributed by atoms with van der Waals surface area (Å²) in [6, 6.07) is 7.71. The molecular formula is C9H10BrN5. The summed E-state index contributed by atoms with van der Waals surface area (Å²) < 4.78 is 0.984. The van der Waals surface area contributed by atoms with Gasteiger partial charge in [0.1, 0.15) is 0 Å². The zero-order chi connectivity index (χ0) is 10.7. The molecule has 15 heavy (non-hydrogen) atoms. The zero-order valence-corrected chi connectivity index (χ0v) is 9.55. The van der Waals surface area contributed by atoms with E-state index >= 15 is 0 Å². The number of nitrogens with zero attached hydrogens (tertiary/aromatic N) is 4. The molecule has 2 rings (SSSR count). The van der Waals surface area contributed by atoms with E-state index in [0.717, 1.165) is 10.2 Å². The van der Waals surface area contributed by atoms with E-state index in [9.17, 15) is 0 Å². The van der Waals surface area contributed by atoms with E-state index in [0.29, 0.717) is 18.8 Å². The van der Waals surface area contributed by atoms with Gasteiger partial charge < -0.3 is 5.73 Å². The third-order valence-corrected chi connectivity index (χ3v) is 2.36. The van der Waals surface area contributed by atoms with E-state index < -0.39 is 0 Å². The molecule has 2 aromatic rings. The molecule has 5 nitrogen and oxygen atoms in total. The Labute approximate surface area is 95.4 Å². The van der Waals surface area contributed by atoms with Crippen molar-refractivity contribution in [1.29, 1.82) is 0 Å². The van der Waals surface area contributed by atoms with E-state index in [4.69, 9.17) is 5.73 Å². The second-order valence-corrected chi connectivity index (χ2v) is 3.93. The summed E-state index contributed by atoms with van der Waals surface area (Å²) in [7, 11) is 0. The van der Waals surface area contributed by atoms with Crippen molar-refractivity contribution in [1.82, 2.24) is 20.2 Å². The van der Waals surface area contributed by atoms with E-state index in [2.05, 4.69) is 31.3 Å². The Morgan fingerprint density at radius 3 is 3.00 bits per heavy atom. The van der Waals surface area contributed by atoms with Gasteiger partial charge in [0, 0.05) is 10.9 Å². The van der Waals surface area contributed by atoms with Gasteiger partial charge in [-0.05, 0) is 30.0 Å². The van der Waals surface area contributed by atoms with E-state index in [-0.39, 0.29) is 0 Å². The molecule has 0 unspecified atom stereocenters.